The molecule has 1 fully saturated rings. The van der Waals surface area contributed by atoms with Gasteiger partial charge in [-0.15, -0.1) is 0 Å². The number of hydrogen-bond donors (Lipinski definition) is 0. The van der Waals surface area contributed by atoms with Crippen LogP contribution in [-0.2, 0) is 15.7 Å². The molecule has 1 saturated heterocycles. The molecule has 0 saturated carbocycles. The van der Waals surface area contributed by atoms with E-state index < -0.39 is 11.0 Å². The standard InChI is InChI=1S/C10H19NO2S/c1-10(2,3)14(12)11-8-9-6-4-5-7-13-9/h8-9H,4-7H2,1-3H3/b11-8+/t9-,14-/m1/s1. The second-order valence-electron chi connectivity index (χ2n) is 4.52. The first kappa shape index (κ1) is 11.9. The Labute approximate surface area is 88.5 Å². The molecule has 0 N–H and O–H groups in total. The molecule has 0 radical (unpaired) electrons. The van der Waals surface area contributed by atoms with Crippen LogP contribution >= 0.6 is 0 Å². The quantitative estimate of drug-likeness (QED) is 0.664. The largest absolute Gasteiger partial charge is 0.373 e. The molecular formula is C10H19NO2S. The van der Waals surface area contributed by atoms with Gasteiger partial charge in [0.05, 0.1) is 10.9 Å². The normalized spacial score (nSPS) is 26.6. The van der Waals surface area contributed by atoms with Crippen LogP contribution in [0, 0.1) is 0 Å². The van der Waals surface area contributed by atoms with Crippen molar-refractivity contribution < 1.29 is 8.95 Å². The Bertz CT molecular complexity index is 227. The lowest BCUT2D eigenvalue weighted by Gasteiger charge is -2.19. The third-order valence-electron chi connectivity index (χ3n) is 2.06. The van der Waals surface area contributed by atoms with Gasteiger partial charge in [-0.3, -0.25) is 0 Å². The Morgan fingerprint density at radius 1 is 1.43 bits per heavy atom. The Morgan fingerprint density at radius 3 is 2.64 bits per heavy atom. The van der Waals surface area contributed by atoms with Crippen LogP contribution < -0.4 is 0 Å². The summed E-state index contributed by atoms with van der Waals surface area (Å²) in [5.74, 6) is 0. The van der Waals surface area contributed by atoms with Gasteiger partial charge in [0.2, 0.25) is 0 Å². The minimum absolute atomic E-state index is 0.0787. The fourth-order valence-corrected chi connectivity index (χ4v) is 1.73. The van der Waals surface area contributed by atoms with Gasteiger partial charge in [0.15, 0.2) is 0 Å². The molecule has 1 rings (SSSR count). The van der Waals surface area contributed by atoms with E-state index in [0.29, 0.717) is 0 Å². The van der Waals surface area contributed by atoms with E-state index in [2.05, 4.69) is 4.40 Å². The topological polar surface area (TPSA) is 38.7 Å². The first-order valence-electron chi connectivity index (χ1n) is 5.08. The SMILES string of the molecule is CC(C)(C)[S@@](=O)/N=C/[C@H]1CCCCO1. The van der Waals surface area contributed by atoms with Crippen molar-refractivity contribution in [2.24, 2.45) is 4.40 Å². The molecule has 0 aromatic heterocycles. The van der Waals surface area contributed by atoms with Crippen molar-refractivity contribution in [2.45, 2.75) is 50.9 Å². The number of nitrogens with zero attached hydrogens (tertiary/aromatic N) is 1. The highest BCUT2D eigenvalue weighted by Gasteiger charge is 2.19. The van der Waals surface area contributed by atoms with Gasteiger partial charge >= 0.3 is 0 Å². The average Bonchev–Trinajstić information content (AvgIpc) is 2.14. The molecule has 82 valence electrons. The number of hydrogen-bond acceptors (Lipinski definition) is 2. The maximum atomic E-state index is 11.6. The fraction of sp³-hybridized carbons (Fsp3) is 0.900. The third kappa shape index (κ3) is 3.88. The zero-order valence-electron chi connectivity index (χ0n) is 9.16. The van der Waals surface area contributed by atoms with Crippen LogP contribution in [0.1, 0.15) is 40.0 Å². The molecule has 4 heteroatoms. The first-order valence-corrected chi connectivity index (χ1v) is 6.18. The van der Waals surface area contributed by atoms with Crippen LogP contribution in [0.2, 0.25) is 0 Å². The molecule has 0 amide bonds. The van der Waals surface area contributed by atoms with Crippen molar-refractivity contribution in [1.29, 1.82) is 0 Å². The zero-order valence-corrected chi connectivity index (χ0v) is 9.97. The Morgan fingerprint density at radius 2 is 2.14 bits per heavy atom. The monoisotopic (exact) mass is 217 g/mol. The first-order chi connectivity index (χ1) is 6.50. The summed E-state index contributed by atoms with van der Waals surface area (Å²) in [6.45, 7) is 6.56. The highest BCUT2D eigenvalue weighted by molar-refractivity contribution is 7.85. The number of ether oxygens (including phenoxy) is 1. The van der Waals surface area contributed by atoms with E-state index in [1.165, 1.54) is 6.42 Å². The van der Waals surface area contributed by atoms with E-state index in [1.807, 2.05) is 20.8 Å². The average molecular weight is 217 g/mol. The predicted octanol–water partition coefficient (Wildman–Crippen LogP) is 2.09. The summed E-state index contributed by atoms with van der Waals surface area (Å²) in [6.07, 6.45) is 5.10. The van der Waals surface area contributed by atoms with Crippen molar-refractivity contribution in [2.75, 3.05) is 6.61 Å². The molecule has 3 nitrogen and oxygen atoms in total. The molecule has 0 aromatic rings. The molecular weight excluding hydrogens is 198 g/mol. The van der Waals surface area contributed by atoms with Crippen LogP contribution in [0.25, 0.3) is 0 Å². The minimum atomic E-state index is -1.15. The van der Waals surface area contributed by atoms with Crippen LogP contribution in [0.3, 0.4) is 0 Å². The smallest absolute Gasteiger partial charge is 0.144 e. The van der Waals surface area contributed by atoms with Gasteiger partial charge in [-0.05, 0) is 40.0 Å². The van der Waals surface area contributed by atoms with Gasteiger partial charge in [0.25, 0.3) is 0 Å². The van der Waals surface area contributed by atoms with Crippen molar-refractivity contribution in [1.82, 2.24) is 0 Å². The molecule has 0 aliphatic carbocycles. The van der Waals surface area contributed by atoms with E-state index in [0.717, 1.165) is 19.4 Å². The van der Waals surface area contributed by atoms with E-state index in [1.54, 1.807) is 6.21 Å². The van der Waals surface area contributed by atoms with Crippen LogP contribution in [0.4, 0.5) is 0 Å². The maximum Gasteiger partial charge on any atom is 0.144 e. The Hall–Kier alpha value is -0.220. The van der Waals surface area contributed by atoms with Crippen LogP contribution in [0.15, 0.2) is 4.40 Å². The lowest BCUT2D eigenvalue weighted by molar-refractivity contribution is 0.0617. The molecule has 0 aromatic carbocycles. The maximum absolute atomic E-state index is 11.6. The summed E-state index contributed by atoms with van der Waals surface area (Å²) >= 11 is 0. The summed E-state index contributed by atoms with van der Waals surface area (Å²) < 4.78 is 20.8. The predicted molar refractivity (Wildman–Crippen MR) is 60.0 cm³/mol. The molecule has 0 bridgehead atoms. The second-order valence-corrected chi connectivity index (χ2v) is 6.45. The number of rotatable bonds is 2. The van der Waals surface area contributed by atoms with Crippen LogP contribution in [0.5, 0.6) is 0 Å². The van der Waals surface area contributed by atoms with E-state index in [-0.39, 0.29) is 10.9 Å². The summed E-state index contributed by atoms with van der Waals surface area (Å²) in [5, 5.41) is 0. The van der Waals surface area contributed by atoms with Gasteiger partial charge in [-0.2, -0.15) is 4.40 Å². The Balaban J connectivity index is 2.42. The molecule has 2 atom stereocenters. The molecule has 1 aliphatic rings. The summed E-state index contributed by atoms with van der Waals surface area (Å²) in [6, 6.07) is 0. The van der Waals surface area contributed by atoms with E-state index in [9.17, 15) is 4.21 Å². The summed E-state index contributed by atoms with van der Waals surface area (Å²) in [4.78, 5) is 0. The van der Waals surface area contributed by atoms with Crippen molar-refractivity contribution >= 4 is 17.2 Å². The Kier molecular flexibility index (Phi) is 4.26. The fourth-order valence-electron chi connectivity index (χ4n) is 1.16. The van der Waals surface area contributed by atoms with E-state index >= 15 is 0 Å². The molecule has 1 heterocycles. The van der Waals surface area contributed by atoms with Gasteiger partial charge in [-0.1, -0.05) is 0 Å². The van der Waals surface area contributed by atoms with Gasteiger partial charge in [-0.25, -0.2) is 4.21 Å². The zero-order chi connectivity index (χ0) is 10.6. The van der Waals surface area contributed by atoms with Gasteiger partial charge in [0, 0.05) is 12.8 Å². The molecule has 0 unspecified atom stereocenters. The van der Waals surface area contributed by atoms with Crippen molar-refractivity contribution in [3.63, 3.8) is 0 Å². The van der Waals surface area contributed by atoms with Crippen molar-refractivity contribution in [3.05, 3.63) is 0 Å². The molecule has 1 aliphatic heterocycles. The van der Waals surface area contributed by atoms with Crippen molar-refractivity contribution in [3.8, 4) is 0 Å². The highest BCUT2D eigenvalue weighted by Crippen LogP contribution is 2.14. The molecule has 0 spiro atoms. The summed E-state index contributed by atoms with van der Waals surface area (Å²) in [7, 11) is -1.15. The minimum Gasteiger partial charge on any atom is -0.373 e. The van der Waals surface area contributed by atoms with Crippen LogP contribution in [-0.4, -0.2) is 27.9 Å². The molecule has 14 heavy (non-hydrogen) atoms. The summed E-state index contributed by atoms with van der Waals surface area (Å²) in [5.41, 5.74) is 0. The van der Waals surface area contributed by atoms with Gasteiger partial charge in [0.1, 0.15) is 11.0 Å². The lowest BCUT2D eigenvalue weighted by Crippen LogP contribution is -2.23. The second kappa shape index (κ2) is 5.03. The highest BCUT2D eigenvalue weighted by atomic mass is 32.2. The third-order valence-corrected chi connectivity index (χ3v) is 3.42. The lowest BCUT2D eigenvalue weighted by atomic mass is 10.1. The van der Waals surface area contributed by atoms with E-state index in [4.69, 9.17) is 4.74 Å². The van der Waals surface area contributed by atoms with Gasteiger partial charge < -0.3 is 4.74 Å².